The van der Waals surface area contributed by atoms with E-state index in [2.05, 4.69) is 15.4 Å². The van der Waals surface area contributed by atoms with Gasteiger partial charge in [-0.25, -0.2) is 10.8 Å². The average molecular weight is 199 g/mol. The van der Waals surface area contributed by atoms with Crippen molar-refractivity contribution in [1.29, 1.82) is 0 Å². The first kappa shape index (κ1) is 9.94. The SMILES string of the molecule is Cc1csc(CCN=C(N)NN)n1. The number of rotatable bonds is 3. The van der Waals surface area contributed by atoms with E-state index in [0.717, 1.165) is 17.1 Å². The molecule has 0 spiro atoms. The Morgan fingerprint density at radius 3 is 3.08 bits per heavy atom. The maximum atomic E-state index is 5.34. The second kappa shape index (κ2) is 4.78. The number of hydrazine groups is 1. The van der Waals surface area contributed by atoms with Gasteiger partial charge in [0, 0.05) is 24.0 Å². The van der Waals surface area contributed by atoms with E-state index in [4.69, 9.17) is 11.6 Å². The smallest absolute Gasteiger partial charge is 0.203 e. The van der Waals surface area contributed by atoms with Crippen LogP contribution in [0.5, 0.6) is 0 Å². The maximum Gasteiger partial charge on any atom is 0.203 e. The van der Waals surface area contributed by atoms with E-state index in [1.165, 1.54) is 0 Å². The summed E-state index contributed by atoms with van der Waals surface area (Å²) in [6.45, 7) is 2.59. The highest BCUT2D eigenvalue weighted by Crippen LogP contribution is 2.08. The lowest BCUT2D eigenvalue weighted by Gasteiger charge is -1.96. The van der Waals surface area contributed by atoms with Crippen molar-refractivity contribution in [3.8, 4) is 0 Å². The summed E-state index contributed by atoms with van der Waals surface area (Å²) in [5.74, 6) is 5.29. The first-order valence-corrected chi connectivity index (χ1v) is 4.78. The number of hydrogen-bond acceptors (Lipinski definition) is 4. The van der Waals surface area contributed by atoms with Gasteiger partial charge in [-0.15, -0.1) is 11.3 Å². The van der Waals surface area contributed by atoms with E-state index in [0.29, 0.717) is 6.54 Å². The second-order valence-electron chi connectivity index (χ2n) is 2.54. The van der Waals surface area contributed by atoms with Crippen molar-refractivity contribution < 1.29 is 0 Å². The Bertz CT molecular complexity index is 293. The number of thiazole rings is 1. The molecule has 0 saturated heterocycles. The van der Waals surface area contributed by atoms with E-state index in [-0.39, 0.29) is 5.96 Å². The zero-order valence-electron chi connectivity index (χ0n) is 7.45. The third-order valence-electron chi connectivity index (χ3n) is 1.42. The molecule has 0 saturated carbocycles. The van der Waals surface area contributed by atoms with Gasteiger partial charge in [0.15, 0.2) is 0 Å². The van der Waals surface area contributed by atoms with Crippen LogP contribution in [0.2, 0.25) is 0 Å². The Labute approximate surface area is 80.8 Å². The number of nitrogens with one attached hydrogen (secondary N) is 1. The quantitative estimate of drug-likeness (QED) is 0.271. The topological polar surface area (TPSA) is 89.3 Å². The molecular formula is C7H13N5S. The first-order valence-electron chi connectivity index (χ1n) is 3.90. The molecule has 0 unspecified atom stereocenters. The molecule has 0 aliphatic rings. The number of aromatic nitrogens is 1. The molecule has 1 aromatic rings. The average Bonchev–Trinajstić information content (AvgIpc) is 2.51. The molecule has 0 aromatic carbocycles. The number of aryl methyl sites for hydroxylation is 1. The summed E-state index contributed by atoms with van der Waals surface area (Å²) in [5, 5.41) is 3.09. The largest absolute Gasteiger partial charge is 0.369 e. The molecule has 0 fully saturated rings. The molecular weight excluding hydrogens is 186 g/mol. The van der Waals surface area contributed by atoms with Crippen molar-refractivity contribution in [3.63, 3.8) is 0 Å². The third-order valence-corrected chi connectivity index (χ3v) is 2.45. The van der Waals surface area contributed by atoms with Crippen LogP contribution in [0.1, 0.15) is 10.7 Å². The molecule has 0 atom stereocenters. The molecule has 0 aliphatic carbocycles. The summed E-state index contributed by atoms with van der Waals surface area (Å²) in [6.07, 6.45) is 0.806. The van der Waals surface area contributed by atoms with Crippen molar-refractivity contribution in [2.45, 2.75) is 13.3 Å². The third kappa shape index (κ3) is 3.39. The van der Waals surface area contributed by atoms with E-state index < -0.39 is 0 Å². The molecule has 0 radical (unpaired) electrons. The molecule has 5 N–H and O–H groups in total. The number of nitrogens with zero attached hydrogens (tertiary/aromatic N) is 2. The molecule has 1 heterocycles. The van der Waals surface area contributed by atoms with Gasteiger partial charge in [0.1, 0.15) is 0 Å². The molecule has 6 heteroatoms. The van der Waals surface area contributed by atoms with Crippen LogP contribution in [0.4, 0.5) is 0 Å². The highest BCUT2D eigenvalue weighted by Gasteiger charge is 1.97. The van der Waals surface area contributed by atoms with Gasteiger partial charge in [0.05, 0.1) is 5.01 Å². The molecule has 0 bridgehead atoms. The number of hydrogen-bond donors (Lipinski definition) is 3. The summed E-state index contributed by atoms with van der Waals surface area (Å²) < 4.78 is 0. The van der Waals surface area contributed by atoms with E-state index in [1.54, 1.807) is 11.3 Å². The second-order valence-corrected chi connectivity index (χ2v) is 3.49. The van der Waals surface area contributed by atoms with Crippen LogP contribution < -0.4 is 17.0 Å². The fourth-order valence-electron chi connectivity index (χ4n) is 0.835. The number of guanidine groups is 1. The molecule has 0 aliphatic heterocycles. The maximum absolute atomic E-state index is 5.34. The minimum atomic E-state index is 0.258. The molecule has 0 amide bonds. The predicted octanol–water partition coefficient (Wildman–Crippen LogP) is -0.228. The molecule has 1 aromatic heterocycles. The fourth-order valence-corrected chi connectivity index (χ4v) is 1.60. The van der Waals surface area contributed by atoms with Crippen molar-refractivity contribution in [1.82, 2.24) is 10.4 Å². The lowest BCUT2D eigenvalue weighted by Crippen LogP contribution is -2.37. The van der Waals surface area contributed by atoms with Gasteiger partial charge in [-0.2, -0.15) is 0 Å². The van der Waals surface area contributed by atoms with Crippen LogP contribution in [-0.2, 0) is 6.42 Å². The first-order chi connectivity index (χ1) is 6.22. The normalized spacial score (nSPS) is 11.7. The Hall–Kier alpha value is -1.14. The van der Waals surface area contributed by atoms with Crippen LogP contribution in [-0.4, -0.2) is 17.5 Å². The van der Waals surface area contributed by atoms with Gasteiger partial charge in [0.25, 0.3) is 0 Å². The van der Waals surface area contributed by atoms with Gasteiger partial charge in [0.2, 0.25) is 5.96 Å². The van der Waals surface area contributed by atoms with E-state index in [1.807, 2.05) is 12.3 Å². The van der Waals surface area contributed by atoms with Gasteiger partial charge < -0.3 is 5.73 Å². The Morgan fingerprint density at radius 2 is 2.54 bits per heavy atom. The van der Waals surface area contributed by atoms with Gasteiger partial charge >= 0.3 is 0 Å². The zero-order valence-corrected chi connectivity index (χ0v) is 8.27. The Kier molecular flexibility index (Phi) is 3.66. The van der Waals surface area contributed by atoms with Crippen LogP contribution in [0, 0.1) is 6.92 Å². The van der Waals surface area contributed by atoms with Crippen LogP contribution in [0.15, 0.2) is 10.4 Å². The van der Waals surface area contributed by atoms with Crippen LogP contribution >= 0.6 is 11.3 Å². The summed E-state index contributed by atoms with van der Waals surface area (Å²) in [6, 6.07) is 0. The summed E-state index contributed by atoms with van der Waals surface area (Å²) >= 11 is 1.64. The lowest BCUT2D eigenvalue weighted by molar-refractivity contribution is 0.911. The molecule has 72 valence electrons. The highest BCUT2D eigenvalue weighted by molar-refractivity contribution is 7.09. The van der Waals surface area contributed by atoms with Crippen LogP contribution in [0.25, 0.3) is 0 Å². The monoisotopic (exact) mass is 199 g/mol. The van der Waals surface area contributed by atoms with Crippen LogP contribution in [0.3, 0.4) is 0 Å². The Balaban J connectivity index is 2.35. The van der Waals surface area contributed by atoms with E-state index >= 15 is 0 Å². The lowest BCUT2D eigenvalue weighted by atomic mass is 10.4. The Morgan fingerprint density at radius 1 is 1.77 bits per heavy atom. The summed E-state index contributed by atoms with van der Waals surface area (Å²) in [7, 11) is 0. The van der Waals surface area contributed by atoms with Gasteiger partial charge in [-0.1, -0.05) is 0 Å². The van der Waals surface area contributed by atoms with Gasteiger partial charge in [-0.05, 0) is 6.92 Å². The fraction of sp³-hybridized carbons (Fsp3) is 0.429. The molecule has 5 nitrogen and oxygen atoms in total. The minimum absolute atomic E-state index is 0.258. The molecule has 1 rings (SSSR count). The zero-order chi connectivity index (χ0) is 9.68. The van der Waals surface area contributed by atoms with Crippen molar-refractivity contribution >= 4 is 17.3 Å². The summed E-state index contributed by atoms with van der Waals surface area (Å²) in [5.41, 5.74) is 8.66. The van der Waals surface area contributed by atoms with Crippen molar-refractivity contribution in [2.75, 3.05) is 6.54 Å². The summed E-state index contributed by atoms with van der Waals surface area (Å²) in [4.78, 5) is 8.26. The number of aliphatic imine (C=N–C) groups is 1. The van der Waals surface area contributed by atoms with Crippen molar-refractivity contribution in [2.24, 2.45) is 16.6 Å². The minimum Gasteiger partial charge on any atom is -0.369 e. The highest BCUT2D eigenvalue weighted by atomic mass is 32.1. The standard InChI is InChI=1S/C7H13N5S/c1-5-4-13-6(11-5)2-3-10-7(8)12-9/h4H,2-3,9H2,1H3,(H3,8,10,12). The number of nitrogens with two attached hydrogens (primary N) is 2. The van der Waals surface area contributed by atoms with Crippen molar-refractivity contribution in [3.05, 3.63) is 16.1 Å². The van der Waals surface area contributed by atoms with E-state index in [9.17, 15) is 0 Å². The molecule has 13 heavy (non-hydrogen) atoms. The predicted molar refractivity (Wildman–Crippen MR) is 54.4 cm³/mol. The van der Waals surface area contributed by atoms with Gasteiger partial charge in [-0.3, -0.25) is 10.4 Å².